The molecule has 1 aliphatic rings. The molecule has 1 saturated heterocycles. The SMILES string of the molecule is Cc1cccc(NC(=O)CN2CCNCC2(C)C)c1. The molecule has 0 aliphatic carbocycles. The number of benzene rings is 1. The summed E-state index contributed by atoms with van der Waals surface area (Å²) in [6.45, 7) is 9.58. The van der Waals surface area contributed by atoms with Crippen molar-refractivity contribution in [3.05, 3.63) is 29.8 Å². The zero-order valence-corrected chi connectivity index (χ0v) is 12.0. The standard InChI is InChI=1S/C15H23N3O/c1-12-5-4-6-13(9-12)17-14(19)10-18-8-7-16-11-15(18,2)3/h4-6,9,16H,7-8,10-11H2,1-3H3,(H,17,19). The summed E-state index contributed by atoms with van der Waals surface area (Å²) in [4.78, 5) is 14.3. The number of rotatable bonds is 3. The third-order valence-corrected chi connectivity index (χ3v) is 3.61. The number of amides is 1. The lowest BCUT2D eigenvalue weighted by atomic mass is 10.0. The summed E-state index contributed by atoms with van der Waals surface area (Å²) in [5.74, 6) is 0.0561. The first-order valence-corrected chi connectivity index (χ1v) is 6.80. The second-order valence-corrected chi connectivity index (χ2v) is 5.83. The normalized spacial score (nSPS) is 19.1. The van der Waals surface area contributed by atoms with Crippen molar-refractivity contribution in [2.24, 2.45) is 0 Å². The van der Waals surface area contributed by atoms with Gasteiger partial charge in [0.1, 0.15) is 0 Å². The van der Waals surface area contributed by atoms with Crippen molar-refractivity contribution < 1.29 is 4.79 Å². The Hall–Kier alpha value is -1.39. The second kappa shape index (κ2) is 5.72. The van der Waals surface area contributed by atoms with Crippen LogP contribution in [-0.4, -0.2) is 42.5 Å². The number of carbonyl (C=O) groups excluding carboxylic acids is 1. The van der Waals surface area contributed by atoms with E-state index in [1.54, 1.807) is 0 Å². The molecule has 0 saturated carbocycles. The van der Waals surface area contributed by atoms with Gasteiger partial charge in [0.25, 0.3) is 0 Å². The highest BCUT2D eigenvalue weighted by Crippen LogP contribution is 2.16. The van der Waals surface area contributed by atoms with E-state index in [4.69, 9.17) is 0 Å². The van der Waals surface area contributed by atoms with E-state index in [9.17, 15) is 4.79 Å². The van der Waals surface area contributed by atoms with Gasteiger partial charge in [0, 0.05) is 30.9 Å². The molecule has 0 bridgehead atoms. The topological polar surface area (TPSA) is 44.4 Å². The fraction of sp³-hybridized carbons (Fsp3) is 0.533. The van der Waals surface area contributed by atoms with E-state index in [-0.39, 0.29) is 11.4 Å². The minimum absolute atomic E-state index is 0.0300. The Morgan fingerprint density at radius 1 is 1.47 bits per heavy atom. The Kier molecular flexibility index (Phi) is 4.22. The number of aryl methyl sites for hydroxylation is 1. The fourth-order valence-corrected chi connectivity index (χ4v) is 2.41. The summed E-state index contributed by atoms with van der Waals surface area (Å²) in [7, 11) is 0. The molecule has 0 spiro atoms. The van der Waals surface area contributed by atoms with Crippen LogP contribution in [0.15, 0.2) is 24.3 Å². The molecule has 0 atom stereocenters. The van der Waals surface area contributed by atoms with Gasteiger partial charge in [-0.3, -0.25) is 9.69 Å². The Morgan fingerprint density at radius 3 is 2.95 bits per heavy atom. The summed E-state index contributed by atoms with van der Waals surface area (Å²) in [5, 5.41) is 6.33. The molecule has 4 nitrogen and oxygen atoms in total. The molecule has 0 radical (unpaired) electrons. The molecule has 1 amide bonds. The second-order valence-electron chi connectivity index (χ2n) is 5.83. The number of piperazine rings is 1. The van der Waals surface area contributed by atoms with Crippen LogP contribution in [0.4, 0.5) is 5.69 Å². The van der Waals surface area contributed by atoms with Crippen molar-refractivity contribution in [3.8, 4) is 0 Å². The van der Waals surface area contributed by atoms with Crippen molar-refractivity contribution in [1.82, 2.24) is 10.2 Å². The van der Waals surface area contributed by atoms with Gasteiger partial charge in [-0.15, -0.1) is 0 Å². The van der Waals surface area contributed by atoms with Gasteiger partial charge in [-0.05, 0) is 38.5 Å². The van der Waals surface area contributed by atoms with Crippen molar-refractivity contribution in [1.29, 1.82) is 0 Å². The number of anilines is 1. The van der Waals surface area contributed by atoms with E-state index >= 15 is 0 Å². The van der Waals surface area contributed by atoms with E-state index in [1.807, 2.05) is 31.2 Å². The highest BCUT2D eigenvalue weighted by molar-refractivity contribution is 5.92. The molecular formula is C15H23N3O. The molecule has 0 unspecified atom stereocenters. The predicted molar refractivity (Wildman–Crippen MR) is 78.3 cm³/mol. The van der Waals surface area contributed by atoms with Crippen molar-refractivity contribution in [2.45, 2.75) is 26.3 Å². The lowest BCUT2D eigenvalue weighted by molar-refractivity contribution is -0.119. The zero-order valence-electron chi connectivity index (χ0n) is 12.0. The maximum absolute atomic E-state index is 12.1. The third kappa shape index (κ3) is 3.78. The predicted octanol–water partition coefficient (Wildman–Crippen LogP) is 1.62. The Morgan fingerprint density at radius 2 is 2.26 bits per heavy atom. The molecule has 0 aromatic heterocycles. The number of carbonyl (C=O) groups is 1. The van der Waals surface area contributed by atoms with Crippen LogP contribution < -0.4 is 10.6 Å². The van der Waals surface area contributed by atoms with Crippen LogP contribution in [0.25, 0.3) is 0 Å². The lowest BCUT2D eigenvalue weighted by Gasteiger charge is -2.42. The van der Waals surface area contributed by atoms with Crippen molar-refractivity contribution >= 4 is 11.6 Å². The van der Waals surface area contributed by atoms with Crippen LogP contribution >= 0.6 is 0 Å². The molecule has 4 heteroatoms. The van der Waals surface area contributed by atoms with E-state index in [0.717, 1.165) is 30.9 Å². The number of hydrogen-bond donors (Lipinski definition) is 2. The van der Waals surface area contributed by atoms with Gasteiger partial charge in [-0.25, -0.2) is 0 Å². The van der Waals surface area contributed by atoms with Gasteiger partial charge >= 0.3 is 0 Å². The van der Waals surface area contributed by atoms with Crippen LogP contribution in [0.2, 0.25) is 0 Å². The van der Waals surface area contributed by atoms with Crippen LogP contribution in [-0.2, 0) is 4.79 Å². The van der Waals surface area contributed by atoms with Gasteiger partial charge < -0.3 is 10.6 Å². The average Bonchev–Trinajstić information content (AvgIpc) is 2.32. The number of nitrogens with one attached hydrogen (secondary N) is 2. The molecule has 19 heavy (non-hydrogen) atoms. The maximum Gasteiger partial charge on any atom is 0.238 e. The Bertz CT molecular complexity index is 456. The first-order chi connectivity index (χ1) is 8.97. The van der Waals surface area contributed by atoms with Crippen molar-refractivity contribution in [3.63, 3.8) is 0 Å². The summed E-state index contributed by atoms with van der Waals surface area (Å²) >= 11 is 0. The maximum atomic E-state index is 12.1. The van der Waals surface area contributed by atoms with E-state index < -0.39 is 0 Å². The Balaban J connectivity index is 1.94. The Labute approximate surface area is 115 Å². The minimum Gasteiger partial charge on any atom is -0.325 e. The molecule has 1 aliphatic heterocycles. The van der Waals surface area contributed by atoms with E-state index in [0.29, 0.717) is 6.54 Å². The van der Waals surface area contributed by atoms with Crippen molar-refractivity contribution in [2.75, 3.05) is 31.5 Å². The summed E-state index contributed by atoms with van der Waals surface area (Å²) in [6, 6.07) is 7.89. The van der Waals surface area contributed by atoms with Crippen LogP contribution in [0.5, 0.6) is 0 Å². The monoisotopic (exact) mass is 261 g/mol. The molecule has 2 N–H and O–H groups in total. The molecule has 2 rings (SSSR count). The smallest absolute Gasteiger partial charge is 0.238 e. The zero-order chi connectivity index (χ0) is 13.9. The van der Waals surface area contributed by atoms with Gasteiger partial charge in [0.05, 0.1) is 6.54 Å². The summed E-state index contributed by atoms with van der Waals surface area (Å²) in [6.07, 6.45) is 0. The molecule has 1 aromatic rings. The van der Waals surface area contributed by atoms with Crippen LogP contribution in [0.1, 0.15) is 19.4 Å². The first kappa shape index (κ1) is 14.0. The van der Waals surface area contributed by atoms with Gasteiger partial charge in [0.15, 0.2) is 0 Å². The summed E-state index contributed by atoms with van der Waals surface area (Å²) in [5.41, 5.74) is 2.06. The molecule has 1 fully saturated rings. The highest BCUT2D eigenvalue weighted by Gasteiger charge is 2.30. The van der Waals surface area contributed by atoms with Gasteiger partial charge in [0.2, 0.25) is 5.91 Å². The molecule has 1 aromatic carbocycles. The van der Waals surface area contributed by atoms with Gasteiger partial charge in [-0.2, -0.15) is 0 Å². The van der Waals surface area contributed by atoms with Gasteiger partial charge in [-0.1, -0.05) is 12.1 Å². The number of hydrogen-bond acceptors (Lipinski definition) is 3. The highest BCUT2D eigenvalue weighted by atomic mass is 16.2. The minimum atomic E-state index is 0.0300. The molecular weight excluding hydrogens is 238 g/mol. The fourth-order valence-electron chi connectivity index (χ4n) is 2.41. The first-order valence-electron chi connectivity index (χ1n) is 6.80. The van der Waals surface area contributed by atoms with E-state index in [2.05, 4.69) is 29.4 Å². The lowest BCUT2D eigenvalue weighted by Crippen LogP contribution is -2.59. The van der Waals surface area contributed by atoms with Crippen LogP contribution in [0, 0.1) is 6.92 Å². The average molecular weight is 261 g/mol. The largest absolute Gasteiger partial charge is 0.325 e. The third-order valence-electron chi connectivity index (χ3n) is 3.61. The number of nitrogens with zero attached hydrogens (tertiary/aromatic N) is 1. The quantitative estimate of drug-likeness (QED) is 0.869. The van der Waals surface area contributed by atoms with Crippen LogP contribution in [0.3, 0.4) is 0 Å². The van der Waals surface area contributed by atoms with E-state index in [1.165, 1.54) is 0 Å². The molecule has 1 heterocycles. The summed E-state index contributed by atoms with van der Waals surface area (Å²) < 4.78 is 0. The molecule has 104 valence electrons.